The number of aromatic hydroxyl groups is 1. The van der Waals surface area contributed by atoms with Gasteiger partial charge in [0.1, 0.15) is 11.7 Å². The highest BCUT2D eigenvalue weighted by Gasteiger charge is 2.72. The van der Waals surface area contributed by atoms with Crippen LogP contribution in [0.15, 0.2) is 78.9 Å². The Morgan fingerprint density at radius 3 is 2.59 bits per heavy atom. The molecule has 1 amide bonds. The first kappa shape index (κ1) is 28.5. The van der Waals surface area contributed by atoms with Crippen LogP contribution in [0.5, 0.6) is 11.5 Å². The normalized spacial score (nSPS) is 28.0. The van der Waals surface area contributed by atoms with Gasteiger partial charge in [-0.15, -0.1) is 0 Å². The van der Waals surface area contributed by atoms with Gasteiger partial charge < -0.3 is 19.8 Å². The summed E-state index contributed by atoms with van der Waals surface area (Å²) >= 11 is 0. The maximum Gasteiger partial charge on any atom is 0.416 e. The monoisotopic (exact) mass is 600 g/mol. The number of alkyl halides is 3. The third-order valence-corrected chi connectivity index (χ3v) is 9.95. The van der Waals surface area contributed by atoms with Gasteiger partial charge >= 0.3 is 6.18 Å². The van der Waals surface area contributed by atoms with Crippen LogP contribution >= 0.6 is 0 Å². The number of likely N-dealkylation sites (tertiary alicyclic amines) is 1. The molecule has 1 fully saturated rings. The molecule has 0 radical (unpaired) electrons. The minimum absolute atomic E-state index is 0.00495. The number of halogens is 3. The van der Waals surface area contributed by atoms with Crippen LogP contribution in [0.1, 0.15) is 34.2 Å². The molecule has 3 aromatic carbocycles. The SMILES string of the molecule is CN(C(=O)C#Cc1ccc(C(F)(F)F)cc1)[C@@H]1C=C[C@@]2(O)[C@H]3Cc4ccc(O)c5c4[C@@]2(CCN3CCc2ccccc2)[C@H]1O5. The molecular weight excluding hydrogens is 569 g/mol. The van der Waals surface area contributed by atoms with Gasteiger partial charge in [0, 0.05) is 36.7 Å². The van der Waals surface area contributed by atoms with Gasteiger partial charge in [0.25, 0.3) is 5.91 Å². The van der Waals surface area contributed by atoms with E-state index in [1.165, 1.54) is 22.6 Å². The summed E-state index contributed by atoms with van der Waals surface area (Å²) in [4.78, 5) is 17.1. The van der Waals surface area contributed by atoms with Crippen LogP contribution in [-0.4, -0.2) is 69.8 Å². The van der Waals surface area contributed by atoms with Gasteiger partial charge in [0.15, 0.2) is 11.5 Å². The first-order valence-corrected chi connectivity index (χ1v) is 14.7. The Balaban J connectivity index is 1.20. The molecule has 2 heterocycles. The molecule has 6 nitrogen and oxygen atoms in total. The zero-order chi connectivity index (χ0) is 30.9. The summed E-state index contributed by atoms with van der Waals surface area (Å²) < 4.78 is 45.3. The van der Waals surface area contributed by atoms with Crippen LogP contribution in [0.4, 0.5) is 13.2 Å². The molecule has 1 spiro atoms. The Bertz CT molecular complexity index is 1710. The average Bonchev–Trinajstić information content (AvgIpc) is 3.36. The van der Waals surface area contributed by atoms with Crippen LogP contribution < -0.4 is 4.74 Å². The summed E-state index contributed by atoms with van der Waals surface area (Å²) in [6.45, 7) is 1.48. The van der Waals surface area contributed by atoms with E-state index in [0.717, 1.165) is 36.2 Å². The molecule has 2 aliphatic heterocycles. The van der Waals surface area contributed by atoms with Gasteiger partial charge in [-0.1, -0.05) is 54.5 Å². The van der Waals surface area contributed by atoms with E-state index in [9.17, 15) is 28.2 Å². The lowest BCUT2D eigenvalue weighted by atomic mass is 9.50. The zero-order valence-electron chi connectivity index (χ0n) is 24.0. The minimum Gasteiger partial charge on any atom is -0.504 e. The number of rotatable bonds is 4. The third kappa shape index (κ3) is 4.23. The zero-order valence-corrected chi connectivity index (χ0v) is 24.0. The number of amides is 1. The van der Waals surface area contributed by atoms with Crippen LogP contribution in [0.3, 0.4) is 0 Å². The van der Waals surface area contributed by atoms with E-state index in [2.05, 4.69) is 28.9 Å². The lowest BCUT2D eigenvalue weighted by Gasteiger charge is -2.62. The van der Waals surface area contributed by atoms with Gasteiger partial charge in [-0.2, -0.15) is 13.2 Å². The molecule has 4 aliphatic rings. The van der Waals surface area contributed by atoms with E-state index in [1.807, 2.05) is 30.3 Å². The Kier molecular flexibility index (Phi) is 6.57. The maximum absolute atomic E-state index is 13.3. The van der Waals surface area contributed by atoms with Crippen molar-refractivity contribution in [2.45, 2.75) is 54.6 Å². The number of piperidine rings is 1. The molecule has 9 heteroatoms. The molecule has 5 atom stereocenters. The highest BCUT2D eigenvalue weighted by molar-refractivity contribution is 5.94. The summed E-state index contributed by atoms with van der Waals surface area (Å²) in [5.41, 5.74) is 0.357. The third-order valence-electron chi connectivity index (χ3n) is 9.95. The number of benzene rings is 3. The Hall–Kier alpha value is -4.26. The highest BCUT2D eigenvalue weighted by atomic mass is 19.4. The van der Waals surface area contributed by atoms with Crippen molar-refractivity contribution in [3.8, 4) is 23.3 Å². The first-order chi connectivity index (χ1) is 21.0. The van der Waals surface area contributed by atoms with Gasteiger partial charge in [-0.05, 0) is 67.3 Å². The van der Waals surface area contributed by atoms with Crippen molar-refractivity contribution < 1.29 is 32.9 Å². The Morgan fingerprint density at radius 2 is 1.86 bits per heavy atom. The van der Waals surface area contributed by atoms with Crippen LogP contribution in [0.25, 0.3) is 0 Å². The number of phenolic OH excluding ortho intramolecular Hbond substituents is 1. The fourth-order valence-corrected chi connectivity index (χ4v) is 7.78. The molecule has 2 bridgehead atoms. The summed E-state index contributed by atoms with van der Waals surface area (Å²) in [6, 6.07) is 17.3. The van der Waals surface area contributed by atoms with Crippen LogP contribution in [0.2, 0.25) is 0 Å². The number of carbonyl (C=O) groups excluding carboxylic acids is 1. The van der Waals surface area contributed by atoms with Crippen molar-refractivity contribution in [1.29, 1.82) is 0 Å². The topological polar surface area (TPSA) is 73.2 Å². The molecule has 0 saturated carbocycles. The van der Waals surface area contributed by atoms with E-state index in [0.29, 0.717) is 25.1 Å². The molecule has 7 rings (SSSR count). The van der Waals surface area contributed by atoms with Gasteiger partial charge in [-0.25, -0.2) is 0 Å². The molecule has 2 N–H and O–H groups in total. The molecule has 226 valence electrons. The molecular formula is C35H31F3N2O4. The van der Waals surface area contributed by atoms with Crippen molar-refractivity contribution in [1.82, 2.24) is 9.80 Å². The molecule has 3 aromatic rings. The van der Waals surface area contributed by atoms with E-state index in [-0.39, 0.29) is 17.4 Å². The minimum atomic E-state index is -4.46. The second kappa shape index (κ2) is 10.1. The van der Waals surface area contributed by atoms with Gasteiger partial charge in [0.05, 0.1) is 17.0 Å². The number of nitrogens with zero attached hydrogens (tertiary/aromatic N) is 2. The second-order valence-electron chi connectivity index (χ2n) is 12.1. The smallest absolute Gasteiger partial charge is 0.416 e. The molecule has 44 heavy (non-hydrogen) atoms. The number of hydrogen-bond acceptors (Lipinski definition) is 5. The molecule has 1 saturated heterocycles. The predicted molar refractivity (Wildman–Crippen MR) is 157 cm³/mol. The van der Waals surface area contributed by atoms with Crippen molar-refractivity contribution in [2.75, 3.05) is 20.1 Å². The average molecular weight is 601 g/mol. The summed E-state index contributed by atoms with van der Waals surface area (Å²) in [5.74, 6) is 5.03. The van der Waals surface area contributed by atoms with Crippen molar-refractivity contribution >= 4 is 5.91 Å². The lowest BCUT2D eigenvalue weighted by molar-refractivity contribution is -0.153. The summed E-state index contributed by atoms with van der Waals surface area (Å²) in [5, 5.41) is 23.5. The largest absolute Gasteiger partial charge is 0.504 e. The number of carbonyl (C=O) groups is 1. The number of hydrogen-bond donors (Lipinski definition) is 2. The van der Waals surface area contributed by atoms with E-state index < -0.39 is 40.8 Å². The second-order valence-corrected chi connectivity index (χ2v) is 12.1. The van der Waals surface area contributed by atoms with Gasteiger partial charge in [0.2, 0.25) is 0 Å². The summed E-state index contributed by atoms with van der Waals surface area (Å²) in [7, 11) is 1.60. The number of aliphatic hydroxyl groups is 1. The first-order valence-electron chi connectivity index (χ1n) is 14.7. The maximum atomic E-state index is 13.3. The van der Waals surface area contributed by atoms with Crippen molar-refractivity contribution in [3.05, 3.63) is 107 Å². The number of phenols is 1. The van der Waals surface area contributed by atoms with E-state index in [4.69, 9.17) is 4.74 Å². The fraction of sp³-hybridized carbons (Fsp3) is 0.343. The highest BCUT2D eigenvalue weighted by Crippen LogP contribution is 2.64. The van der Waals surface area contributed by atoms with Crippen molar-refractivity contribution in [2.24, 2.45) is 0 Å². The standard InChI is InChI=1S/C35H31F3N2O4/c1-39(29(42)14-9-23-7-11-25(12-8-23)35(36,37)38)26-15-17-34(43)28-21-24-10-13-27(41)31-30(24)33(34,32(26)44-31)18-20-40(28)19-16-22-5-3-2-4-6-22/h2-8,10-13,15,17,26,28,32,41,43H,16,18-21H2,1H3/t26-,28-,32+,33+,34-/m1/s1. The predicted octanol–water partition coefficient (Wildman–Crippen LogP) is 4.46. The summed E-state index contributed by atoms with van der Waals surface area (Å²) in [6.07, 6.45) is 0.459. The Labute approximate surface area is 253 Å². The quantitative estimate of drug-likeness (QED) is 0.342. The van der Waals surface area contributed by atoms with Crippen molar-refractivity contribution in [3.63, 3.8) is 0 Å². The van der Waals surface area contributed by atoms with Crippen LogP contribution in [-0.2, 0) is 29.2 Å². The molecule has 0 aromatic heterocycles. The number of ether oxygens (including phenoxy) is 1. The van der Waals surface area contributed by atoms with Gasteiger partial charge in [-0.3, -0.25) is 9.69 Å². The fourth-order valence-electron chi connectivity index (χ4n) is 7.78. The van der Waals surface area contributed by atoms with Crippen LogP contribution in [0, 0.1) is 11.8 Å². The lowest BCUT2D eigenvalue weighted by Crippen LogP contribution is -2.76. The molecule has 0 unspecified atom stereocenters. The van der Waals surface area contributed by atoms with E-state index in [1.54, 1.807) is 19.2 Å². The number of likely N-dealkylation sites (N-methyl/N-ethyl adjacent to an activating group) is 1. The molecule has 2 aliphatic carbocycles. The Morgan fingerprint density at radius 1 is 1.11 bits per heavy atom. The van der Waals surface area contributed by atoms with E-state index >= 15 is 0 Å².